The third-order valence-electron chi connectivity index (χ3n) is 2.58. The smallest absolute Gasteiger partial charge is 0.262 e. The van der Waals surface area contributed by atoms with Crippen LogP contribution in [0.2, 0.25) is 0 Å². The minimum absolute atomic E-state index is 0.164. The van der Waals surface area contributed by atoms with Gasteiger partial charge in [-0.25, -0.2) is 16.3 Å². The van der Waals surface area contributed by atoms with Crippen LogP contribution in [0.1, 0.15) is 26.7 Å². The van der Waals surface area contributed by atoms with E-state index in [4.69, 9.17) is 18.1 Å². The molecule has 6 heteroatoms. The molecular formula is C8H16N4OS. The number of nitrogens with zero attached hydrogens (tertiary/aromatic N) is 1. The fourth-order valence-electron chi connectivity index (χ4n) is 1.59. The van der Waals surface area contributed by atoms with Crippen molar-refractivity contribution < 1.29 is 4.79 Å². The predicted molar refractivity (Wildman–Crippen MR) is 57.8 cm³/mol. The number of nitrogens with two attached hydrogens (primary N) is 1. The summed E-state index contributed by atoms with van der Waals surface area (Å²) < 4.78 is 0. The summed E-state index contributed by atoms with van der Waals surface area (Å²) in [4.78, 5) is 11.7. The van der Waals surface area contributed by atoms with Crippen LogP contribution in [-0.4, -0.2) is 22.1 Å². The van der Waals surface area contributed by atoms with E-state index in [0.717, 1.165) is 17.9 Å². The summed E-state index contributed by atoms with van der Waals surface area (Å²) >= 11 is 4.82. The van der Waals surface area contributed by atoms with Crippen LogP contribution < -0.4 is 16.7 Å². The molecule has 0 aromatic rings. The molecule has 1 saturated heterocycles. The molecule has 14 heavy (non-hydrogen) atoms. The van der Waals surface area contributed by atoms with Gasteiger partial charge in [-0.05, 0) is 18.1 Å². The average molecular weight is 216 g/mol. The summed E-state index contributed by atoms with van der Waals surface area (Å²) in [5, 5.41) is 1.21. The monoisotopic (exact) mass is 216 g/mol. The number of amides is 1. The lowest BCUT2D eigenvalue weighted by Crippen LogP contribution is -2.67. The van der Waals surface area contributed by atoms with Crippen LogP contribution in [0.15, 0.2) is 0 Å². The Morgan fingerprint density at radius 2 is 2.14 bits per heavy atom. The predicted octanol–water partition coefficient (Wildman–Crippen LogP) is -0.114. The van der Waals surface area contributed by atoms with Gasteiger partial charge in [0, 0.05) is 0 Å². The molecule has 1 unspecified atom stereocenters. The van der Waals surface area contributed by atoms with Gasteiger partial charge in [0.25, 0.3) is 5.91 Å². The molecule has 0 saturated carbocycles. The fourth-order valence-corrected chi connectivity index (χ4v) is 1.74. The maximum Gasteiger partial charge on any atom is 0.262 e. The lowest BCUT2D eigenvalue weighted by Gasteiger charge is -2.34. The second kappa shape index (κ2) is 4.68. The van der Waals surface area contributed by atoms with E-state index in [1.54, 1.807) is 0 Å². The molecule has 1 aliphatic rings. The summed E-state index contributed by atoms with van der Waals surface area (Å²) in [6, 6.07) is -0.276. The maximum absolute atomic E-state index is 11.7. The number of rotatable bonds is 3. The highest BCUT2D eigenvalue weighted by atomic mass is 32.1. The first-order valence-electron chi connectivity index (χ1n) is 4.76. The number of nitrogens with one attached hydrogen (secondary N) is 2. The van der Waals surface area contributed by atoms with E-state index in [1.807, 2.05) is 0 Å². The summed E-state index contributed by atoms with van der Waals surface area (Å²) in [5.74, 6) is 5.62. The lowest BCUT2D eigenvalue weighted by atomic mass is 9.93. The van der Waals surface area contributed by atoms with Crippen molar-refractivity contribution in [2.45, 2.75) is 32.7 Å². The van der Waals surface area contributed by atoms with E-state index in [2.05, 4.69) is 24.7 Å². The average Bonchev–Trinajstić information content (AvgIpc) is 2.19. The minimum Gasteiger partial charge on any atom is -0.296 e. The Morgan fingerprint density at radius 1 is 1.57 bits per heavy atom. The second-order valence-corrected chi connectivity index (χ2v) is 3.72. The molecule has 1 heterocycles. The van der Waals surface area contributed by atoms with Crippen LogP contribution in [0.3, 0.4) is 0 Å². The minimum atomic E-state index is -0.276. The fraction of sp³-hybridized carbons (Fsp3) is 0.750. The molecule has 0 spiro atoms. The first-order chi connectivity index (χ1) is 6.61. The number of hydrazine groups is 2. The van der Waals surface area contributed by atoms with E-state index >= 15 is 0 Å². The van der Waals surface area contributed by atoms with Crippen LogP contribution in [0.25, 0.3) is 0 Å². The highest BCUT2D eigenvalue weighted by Crippen LogP contribution is 2.15. The van der Waals surface area contributed by atoms with Gasteiger partial charge in [0.15, 0.2) is 0 Å². The summed E-state index contributed by atoms with van der Waals surface area (Å²) in [5.41, 5.74) is 5.61. The van der Waals surface area contributed by atoms with Gasteiger partial charge in [0.1, 0.15) is 6.04 Å². The highest BCUT2D eigenvalue weighted by Gasteiger charge is 2.34. The van der Waals surface area contributed by atoms with E-state index in [1.165, 1.54) is 0 Å². The highest BCUT2D eigenvalue weighted by molar-refractivity contribution is 7.80. The van der Waals surface area contributed by atoms with Crippen molar-refractivity contribution in [3.05, 3.63) is 0 Å². The number of carbonyl (C=O) groups excluding carboxylic acids is 1. The van der Waals surface area contributed by atoms with Crippen molar-refractivity contribution in [2.24, 2.45) is 11.8 Å². The Hall–Kier alpha value is -0.720. The molecule has 1 aliphatic heterocycles. The molecule has 0 radical (unpaired) electrons. The molecule has 1 fully saturated rings. The molecule has 1 atom stereocenters. The Balaban J connectivity index is 2.71. The first kappa shape index (κ1) is 11.4. The molecule has 0 aromatic carbocycles. The van der Waals surface area contributed by atoms with Gasteiger partial charge >= 0.3 is 0 Å². The molecule has 5 nitrogen and oxygen atoms in total. The van der Waals surface area contributed by atoms with Crippen molar-refractivity contribution >= 4 is 23.2 Å². The van der Waals surface area contributed by atoms with Crippen LogP contribution in [0.5, 0.6) is 0 Å². The normalized spacial score (nSPS) is 22.9. The first-order valence-corrected chi connectivity index (χ1v) is 5.16. The number of carbonyl (C=O) groups is 1. The van der Waals surface area contributed by atoms with Gasteiger partial charge in [-0.1, -0.05) is 26.7 Å². The SMILES string of the molecule is CCC(CC)C1NNC(=S)N(N)C1=O. The largest absolute Gasteiger partial charge is 0.296 e. The number of thiocarbonyl (C=S) groups is 1. The van der Waals surface area contributed by atoms with Crippen molar-refractivity contribution in [2.75, 3.05) is 0 Å². The topological polar surface area (TPSA) is 70.4 Å². The van der Waals surface area contributed by atoms with Crippen LogP contribution in [0.4, 0.5) is 0 Å². The van der Waals surface area contributed by atoms with Gasteiger partial charge in [0.2, 0.25) is 5.11 Å². The Labute approximate surface area is 88.9 Å². The molecule has 1 rings (SSSR count). The molecule has 4 N–H and O–H groups in total. The van der Waals surface area contributed by atoms with Crippen molar-refractivity contribution in [3.8, 4) is 0 Å². The van der Waals surface area contributed by atoms with Crippen LogP contribution >= 0.6 is 12.2 Å². The Bertz CT molecular complexity index is 241. The summed E-state index contributed by atoms with van der Waals surface area (Å²) in [6.45, 7) is 4.10. The van der Waals surface area contributed by atoms with Gasteiger partial charge in [0.05, 0.1) is 0 Å². The van der Waals surface area contributed by atoms with Crippen molar-refractivity contribution in [3.63, 3.8) is 0 Å². The number of hydrogen-bond donors (Lipinski definition) is 3. The van der Waals surface area contributed by atoms with Crippen LogP contribution in [-0.2, 0) is 4.79 Å². The zero-order chi connectivity index (χ0) is 10.7. The quantitative estimate of drug-likeness (QED) is 0.349. The van der Waals surface area contributed by atoms with Gasteiger partial charge in [-0.2, -0.15) is 0 Å². The second-order valence-electron chi connectivity index (χ2n) is 3.34. The molecule has 80 valence electrons. The van der Waals surface area contributed by atoms with Gasteiger partial charge in [-0.15, -0.1) is 0 Å². The molecule has 1 amide bonds. The molecule has 0 bridgehead atoms. The summed E-state index contributed by atoms with van der Waals surface area (Å²) in [7, 11) is 0. The third kappa shape index (κ3) is 2.02. The van der Waals surface area contributed by atoms with E-state index in [-0.39, 0.29) is 23.0 Å². The molecule has 0 aliphatic carbocycles. The zero-order valence-corrected chi connectivity index (χ0v) is 9.23. The van der Waals surface area contributed by atoms with Crippen molar-refractivity contribution in [1.82, 2.24) is 15.9 Å². The van der Waals surface area contributed by atoms with E-state index in [0.29, 0.717) is 0 Å². The lowest BCUT2D eigenvalue weighted by molar-refractivity contribution is -0.133. The Morgan fingerprint density at radius 3 is 2.64 bits per heavy atom. The van der Waals surface area contributed by atoms with Gasteiger partial charge in [-0.3, -0.25) is 10.2 Å². The maximum atomic E-state index is 11.7. The van der Waals surface area contributed by atoms with Gasteiger partial charge < -0.3 is 0 Å². The van der Waals surface area contributed by atoms with E-state index < -0.39 is 0 Å². The molecular weight excluding hydrogens is 200 g/mol. The standard InChI is InChI=1S/C8H16N4OS/c1-3-5(4-2)6-7(13)12(9)8(14)11-10-6/h5-6,10H,3-4,9H2,1-2H3,(H,11,14). The van der Waals surface area contributed by atoms with Crippen LogP contribution in [0, 0.1) is 5.92 Å². The summed E-state index contributed by atoms with van der Waals surface area (Å²) in [6.07, 6.45) is 1.87. The third-order valence-corrected chi connectivity index (χ3v) is 2.88. The van der Waals surface area contributed by atoms with Crippen molar-refractivity contribution in [1.29, 1.82) is 0 Å². The van der Waals surface area contributed by atoms with E-state index in [9.17, 15) is 4.79 Å². The molecule has 0 aromatic heterocycles. The zero-order valence-electron chi connectivity index (χ0n) is 8.41. The Kier molecular flexibility index (Phi) is 3.79. The number of hydrogen-bond acceptors (Lipinski definition) is 4.